The Kier molecular flexibility index (Phi) is 7.40. The Morgan fingerprint density at radius 2 is 2.00 bits per heavy atom. The van der Waals surface area contributed by atoms with E-state index >= 15 is 0 Å². The average Bonchev–Trinajstić information content (AvgIpc) is 2.60. The Morgan fingerprint density at radius 1 is 1.20 bits per heavy atom. The number of nitrogens with one attached hydrogen (secondary N) is 2. The lowest BCUT2D eigenvalue weighted by atomic mass is 10.2. The molecule has 0 bridgehead atoms. The molecular weight excluding hydrogens is 350 g/mol. The van der Waals surface area contributed by atoms with Gasteiger partial charge >= 0.3 is 0 Å². The minimum atomic E-state index is -0.723. The van der Waals surface area contributed by atoms with Crippen LogP contribution in [0, 0.1) is 11.6 Å². The van der Waals surface area contributed by atoms with Crippen molar-refractivity contribution in [2.75, 3.05) is 26.7 Å². The van der Waals surface area contributed by atoms with Crippen molar-refractivity contribution in [3.63, 3.8) is 0 Å². The number of hydrogen-bond donors (Lipinski definition) is 2. The highest BCUT2D eigenvalue weighted by molar-refractivity contribution is 6.29. The second-order valence-electron chi connectivity index (χ2n) is 5.09. The lowest BCUT2D eigenvalue weighted by Gasteiger charge is -2.12. The van der Waals surface area contributed by atoms with Gasteiger partial charge in [0, 0.05) is 25.9 Å². The summed E-state index contributed by atoms with van der Waals surface area (Å²) in [6, 6.07) is 6.86. The van der Waals surface area contributed by atoms with E-state index in [1.54, 1.807) is 19.3 Å². The summed E-state index contributed by atoms with van der Waals surface area (Å²) in [5, 5.41) is 6.66. The number of ether oxygens (including phenoxy) is 1. The van der Waals surface area contributed by atoms with Crippen LogP contribution in [0.3, 0.4) is 0 Å². The normalized spacial score (nSPS) is 11.3. The summed E-state index contributed by atoms with van der Waals surface area (Å²) in [7, 11) is 1.65. The van der Waals surface area contributed by atoms with Crippen molar-refractivity contribution in [1.29, 1.82) is 0 Å². The van der Waals surface area contributed by atoms with Crippen molar-refractivity contribution in [1.82, 2.24) is 15.6 Å². The van der Waals surface area contributed by atoms with Gasteiger partial charge in [-0.05, 0) is 30.2 Å². The summed E-state index contributed by atoms with van der Waals surface area (Å²) in [4.78, 5) is 8.11. The maximum absolute atomic E-state index is 13.4. The van der Waals surface area contributed by atoms with Gasteiger partial charge in [0.15, 0.2) is 17.5 Å². The van der Waals surface area contributed by atoms with Crippen molar-refractivity contribution in [3.8, 4) is 5.75 Å². The largest absolute Gasteiger partial charge is 0.489 e. The SMILES string of the molecule is CN=C(NCCOc1ccc(F)cc1F)NCCc1ccc(Cl)nc1. The van der Waals surface area contributed by atoms with Crippen molar-refractivity contribution in [2.24, 2.45) is 4.99 Å². The van der Waals surface area contributed by atoms with Gasteiger partial charge in [0.1, 0.15) is 17.6 Å². The van der Waals surface area contributed by atoms with Crippen LogP contribution in [0.15, 0.2) is 41.5 Å². The zero-order chi connectivity index (χ0) is 18.1. The van der Waals surface area contributed by atoms with E-state index in [1.165, 1.54) is 6.07 Å². The summed E-state index contributed by atoms with van der Waals surface area (Å²) in [5.74, 6) is -0.742. The van der Waals surface area contributed by atoms with Gasteiger partial charge in [-0.2, -0.15) is 0 Å². The Labute approximate surface area is 150 Å². The zero-order valence-corrected chi connectivity index (χ0v) is 14.5. The van der Waals surface area contributed by atoms with Gasteiger partial charge in [-0.25, -0.2) is 13.8 Å². The van der Waals surface area contributed by atoms with Crippen molar-refractivity contribution in [2.45, 2.75) is 6.42 Å². The fraction of sp³-hybridized carbons (Fsp3) is 0.294. The summed E-state index contributed by atoms with van der Waals surface area (Å²) in [5.41, 5.74) is 1.06. The van der Waals surface area contributed by atoms with Gasteiger partial charge in [0.2, 0.25) is 0 Å². The highest BCUT2D eigenvalue weighted by atomic mass is 35.5. The second kappa shape index (κ2) is 9.78. The Morgan fingerprint density at radius 3 is 2.68 bits per heavy atom. The first-order valence-corrected chi connectivity index (χ1v) is 8.09. The first kappa shape index (κ1) is 18.9. The van der Waals surface area contributed by atoms with Crippen LogP contribution in [-0.4, -0.2) is 37.7 Å². The first-order valence-electron chi connectivity index (χ1n) is 7.71. The molecule has 2 rings (SSSR count). The predicted molar refractivity (Wildman–Crippen MR) is 94.2 cm³/mol. The van der Waals surface area contributed by atoms with Gasteiger partial charge in [-0.3, -0.25) is 4.99 Å². The number of hydrogen-bond acceptors (Lipinski definition) is 3. The van der Waals surface area contributed by atoms with E-state index in [4.69, 9.17) is 16.3 Å². The summed E-state index contributed by atoms with van der Waals surface area (Å²) in [6.07, 6.45) is 2.49. The minimum absolute atomic E-state index is 0.0152. The first-order chi connectivity index (χ1) is 12.1. The third-order valence-corrected chi connectivity index (χ3v) is 3.49. The van der Waals surface area contributed by atoms with E-state index in [-0.39, 0.29) is 12.4 Å². The Bertz CT molecular complexity index is 710. The van der Waals surface area contributed by atoms with Crippen molar-refractivity contribution in [3.05, 3.63) is 58.9 Å². The molecule has 2 N–H and O–H groups in total. The van der Waals surface area contributed by atoms with E-state index in [0.717, 1.165) is 24.1 Å². The van der Waals surface area contributed by atoms with Crippen LogP contribution in [-0.2, 0) is 6.42 Å². The standard InChI is InChI=1S/C17H19ClF2N4O/c1-21-17(22-7-6-12-2-5-16(18)24-11-12)23-8-9-25-15-4-3-13(19)10-14(15)20/h2-5,10-11H,6-9H2,1H3,(H2,21,22,23). The zero-order valence-electron chi connectivity index (χ0n) is 13.7. The van der Waals surface area contributed by atoms with E-state index < -0.39 is 11.6 Å². The highest BCUT2D eigenvalue weighted by Crippen LogP contribution is 2.17. The van der Waals surface area contributed by atoms with Crippen LogP contribution >= 0.6 is 11.6 Å². The maximum atomic E-state index is 13.4. The molecule has 8 heteroatoms. The molecule has 0 aliphatic carbocycles. The number of nitrogens with zero attached hydrogens (tertiary/aromatic N) is 2. The lowest BCUT2D eigenvalue weighted by Crippen LogP contribution is -2.40. The molecule has 0 amide bonds. The molecule has 1 aromatic heterocycles. The van der Waals surface area contributed by atoms with Crippen LogP contribution in [0.4, 0.5) is 8.78 Å². The van der Waals surface area contributed by atoms with Crippen LogP contribution in [0.25, 0.3) is 0 Å². The van der Waals surface area contributed by atoms with E-state index in [9.17, 15) is 8.78 Å². The number of aromatic nitrogens is 1. The number of guanidine groups is 1. The molecule has 0 saturated carbocycles. The topological polar surface area (TPSA) is 58.5 Å². The number of rotatable bonds is 7. The average molecular weight is 369 g/mol. The molecule has 0 atom stereocenters. The van der Waals surface area contributed by atoms with Gasteiger partial charge in [0.25, 0.3) is 0 Å². The molecule has 0 unspecified atom stereocenters. The van der Waals surface area contributed by atoms with Crippen molar-refractivity contribution < 1.29 is 13.5 Å². The van der Waals surface area contributed by atoms with Crippen LogP contribution in [0.1, 0.15) is 5.56 Å². The smallest absolute Gasteiger partial charge is 0.191 e. The fourth-order valence-electron chi connectivity index (χ4n) is 2.02. The molecule has 134 valence electrons. The molecule has 1 heterocycles. The number of pyridine rings is 1. The molecule has 1 aromatic carbocycles. The quantitative estimate of drug-likeness (QED) is 0.341. The van der Waals surface area contributed by atoms with Crippen molar-refractivity contribution >= 4 is 17.6 Å². The van der Waals surface area contributed by atoms with E-state index in [0.29, 0.717) is 24.2 Å². The molecule has 2 aromatic rings. The molecule has 0 saturated heterocycles. The molecule has 0 fully saturated rings. The summed E-state index contributed by atoms with van der Waals surface area (Å²) in [6.45, 7) is 1.29. The minimum Gasteiger partial charge on any atom is -0.489 e. The molecule has 0 aliphatic rings. The molecule has 5 nitrogen and oxygen atoms in total. The lowest BCUT2D eigenvalue weighted by molar-refractivity contribution is 0.304. The highest BCUT2D eigenvalue weighted by Gasteiger charge is 2.05. The number of halogens is 3. The summed E-state index contributed by atoms with van der Waals surface area (Å²) >= 11 is 5.74. The maximum Gasteiger partial charge on any atom is 0.191 e. The third-order valence-electron chi connectivity index (χ3n) is 3.26. The predicted octanol–water partition coefficient (Wildman–Crippen LogP) is 2.80. The van der Waals surface area contributed by atoms with Gasteiger partial charge < -0.3 is 15.4 Å². The molecule has 0 spiro atoms. The van der Waals surface area contributed by atoms with Crippen LogP contribution in [0.5, 0.6) is 5.75 Å². The summed E-state index contributed by atoms with van der Waals surface area (Å²) < 4.78 is 31.5. The van der Waals surface area contributed by atoms with Crippen LogP contribution in [0.2, 0.25) is 5.15 Å². The molecule has 0 aliphatic heterocycles. The third kappa shape index (κ3) is 6.54. The van der Waals surface area contributed by atoms with E-state index in [2.05, 4.69) is 20.6 Å². The molecule has 25 heavy (non-hydrogen) atoms. The van der Waals surface area contributed by atoms with Crippen LogP contribution < -0.4 is 15.4 Å². The molecule has 0 radical (unpaired) electrons. The monoisotopic (exact) mass is 368 g/mol. The number of aliphatic imine (C=N–C) groups is 1. The second-order valence-corrected chi connectivity index (χ2v) is 5.48. The fourth-order valence-corrected chi connectivity index (χ4v) is 2.13. The van der Waals surface area contributed by atoms with Gasteiger partial charge in [0.05, 0.1) is 6.54 Å². The number of benzene rings is 1. The molecular formula is C17H19ClF2N4O. The van der Waals surface area contributed by atoms with E-state index in [1.807, 2.05) is 6.07 Å². The Hall–Kier alpha value is -2.41. The Balaban J connectivity index is 1.67. The van der Waals surface area contributed by atoms with Gasteiger partial charge in [-0.15, -0.1) is 0 Å². The van der Waals surface area contributed by atoms with Gasteiger partial charge in [-0.1, -0.05) is 17.7 Å².